The lowest BCUT2D eigenvalue weighted by molar-refractivity contribution is 0.278. The molecule has 0 saturated carbocycles. The Bertz CT molecular complexity index is 747. The van der Waals surface area contributed by atoms with E-state index < -0.39 is 0 Å². The summed E-state index contributed by atoms with van der Waals surface area (Å²) in [4.78, 5) is 2.47. The number of aliphatic hydroxyl groups excluding tert-OH is 1. The number of aliphatic hydroxyl groups is 1. The van der Waals surface area contributed by atoms with E-state index in [0.717, 1.165) is 22.4 Å². The molecule has 2 aromatic carbocycles. The predicted octanol–water partition coefficient (Wildman–Crippen LogP) is 4.79. The Hall–Kier alpha value is -2.10. The lowest BCUT2D eigenvalue weighted by Gasteiger charge is -2.10. The number of rotatable bonds is 5. The smallest absolute Gasteiger partial charge is 0.120 e. The average Bonchev–Trinajstić information content (AvgIpc) is 3.00. The molecule has 3 aromatic rings. The Balaban J connectivity index is 1.84. The van der Waals surface area contributed by atoms with Crippen molar-refractivity contribution in [2.24, 2.45) is 0 Å². The van der Waals surface area contributed by atoms with Gasteiger partial charge in [0.05, 0.1) is 6.61 Å². The molecule has 1 N–H and O–H groups in total. The molecule has 0 atom stereocenters. The molecule has 3 heteroatoms. The SMILES string of the molecule is Cc1ccc(-c2cc(CO)cc(OCc3ccccc3)c2)s1. The van der Waals surface area contributed by atoms with Crippen LogP contribution in [0.15, 0.2) is 60.7 Å². The van der Waals surface area contributed by atoms with Crippen LogP contribution in [0.4, 0.5) is 0 Å². The molecule has 1 aromatic heterocycles. The van der Waals surface area contributed by atoms with E-state index in [1.54, 1.807) is 11.3 Å². The van der Waals surface area contributed by atoms with Crippen LogP contribution in [0.5, 0.6) is 5.75 Å². The zero-order valence-electron chi connectivity index (χ0n) is 12.5. The van der Waals surface area contributed by atoms with Crippen LogP contribution in [0.25, 0.3) is 10.4 Å². The Morgan fingerprint density at radius 1 is 0.955 bits per heavy atom. The van der Waals surface area contributed by atoms with Crippen LogP contribution in [0.3, 0.4) is 0 Å². The highest BCUT2D eigenvalue weighted by Crippen LogP contribution is 2.31. The second kappa shape index (κ2) is 6.77. The second-order valence-corrected chi connectivity index (χ2v) is 6.50. The highest BCUT2D eigenvalue weighted by Gasteiger charge is 2.06. The van der Waals surface area contributed by atoms with Gasteiger partial charge in [0, 0.05) is 9.75 Å². The van der Waals surface area contributed by atoms with Gasteiger partial charge in [-0.05, 0) is 53.9 Å². The predicted molar refractivity (Wildman–Crippen MR) is 91.2 cm³/mol. The highest BCUT2D eigenvalue weighted by atomic mass is 32.1. The van der Waals surface area contributed by atoms with E-state index in [0.29, 0.717) is 6.61 Å². The second-order valence-electron chi connectivity index (χ2n) is 5.21. The van der Waals surface area contributed by atoms with Crippen molar-refractivity contribution >= 4 is 11.3 Å². The lowest BCUT2D eigenvalue weighted by Crippen LogP contribution is -1.96. The number of ether oxygens (including phenoxy) is 1. The van der Waals surface area contributed by atoms with Gasteiger partial charge in [0.1, 0.15) is 12.4 Å². The van der Waals surface area contributed by atoms with Crippen molar-refractivity contribution in [2.75, 3.05) is 0 Å². The minimum absolute atomic E-state index is 0.0138. The number of hydrogen-bond donors (Lipinski definition) is 1. The molecule has 0 saturated heterocycles. The zero-order chi connectivity index (χ0) is 15.4. The fraction of sp³-hybridized carbons (Fsp3) is 0.158. The Kier molecular flexibility index (Phi) is 4.56. The van der Waals surface area contributed by atoms with Crippen molar-refractivity contribution in [1.29, 1.82) is 0 Å². The first-order valence-corrected chi connectivity index (χ1v) is 8.04. The van der Waals surface area contributed by atoms with Crippen LogP contribution in [0.2, 0.25) is 0 Å². The van der Waals surface area contributed by atoms with Crippen molar-refractivity contribution in [3.8, 4) is 16.2 Å². The molecule has 0 aliphatic carbocycles. The molecule has 0 fully saturated rings. The third kappa shape index (κ3) is 3.56. The molecule has 1 heterocycles. The average molecular weight is 310 g/mol. The number of benzene rings is 2. The first-order chi connectivity index (χ1) is 10.7. The molecule has 0 aliphatic rings. The van der Waals surface area contributed by atoms with Crippen molar-refractivity contribution in [1.82, 2.24) is 0 Å². The van der Waals surface area contributed by atoms with Gasteiger partial charge in [-0.3, -0.25) is 0 Å². The summed E-state index contributed by atoms with van der Waals surface area (Å²) in [7, 11) is 0. The van der Waals surface area contributed by atoms with Crippen LogP contribution in [-0.4, -0.2) is 5.11 Å². The van der Waals surface area contributed by atoms with Crippen LogP contribution < -0.4 is 4.74 Å². The fourth-order valence-electron chi connectivity index (χ4n) is 2.31. The Morgan fingerprint density at radius 3 is 2.45 bits per heavy atom. The fourth-order valence-corrected chi connectivity index (χ4v) is 3.16. The normalized spacial score (nSPS) is 10.6. The molecule has 112 valence electrons. The molecular formula is C19H18O2S. The van der Waals surface area contributed by atoms with Gasteiger partial charge in [-0.1, -0.05) is 30.3 Å². The molecule has 0 spiro atoms. The van der Waals surface area contributed by atoms with E-state index in [-0.39, 0.29) is 6.61 Å². The maximum Gasteiger partial charge on any atom is 0.120 e. The third-order valence-electron chi connectivity index (χ3n) is 3.42. The van der Waals surface area contributed by atoms with E-state index in [1.165, 1.54) is 9.75 Å². The third-order valence-corrected chi connectivity index (χ3v) is 4.47. The summed E-state index contributed by atoms with van der Waals surface area (Å²) in [5, 5.41) is 9.47. The van der Waals surface area contributed by atoms with Crippen molar-refractivity contribution in [3.05, 3.63) is 76.7 Å². The summed E-state index contributed by atoms with van der Waals surface area (Å²) in [5.41, 5.74) is 3.09. The molecule has 0 radical (unpaired) electrons. The van der Waals surface area contributed by atoms with Gasteiger partial charge in [0.2, 0.25) is 0 Å². The van der Waals surface area contributed by atoms with Crippen LogP contribution in [0.1, 0.15) is 16.0 Å². The number of thiophene rings is 1. The summed E-state index contributed by atoms with van der Waals surface area (Å²) >= 11 is 1.75. The van der Waals surface area contributed by atoms with Crippen molar-refractivity contribution in [2.45, 2.75) is 20.1 Å². The molecule has 22 heavy (non-hydrogen) atoms. The molecule has 0 unspecified atom stereocenters. The molecule has 3 rings (SSSR count). The summed E-state index contributed by atoms with van der Waals surface area (Å²) in [6.07, 6.45) is 0. The van der Waals surface area contributed by atoms with E-state index >= 15 is 0 Å². The molecule has 2 nitrogen and oxygen atoms in total. The van der Waals surface area contributed by atoms with E-state index in [2.05, 4.69) is 19.1 Å². The summed E-state index contributed by atoms with van der Waals surface area (Å²) in [6, 6.07) is 20.2. The molecule has 0 aliphatic heterocycles. The Morgan fingerprint density at radius 2 is 1.77 bits per heavy atom. The van der Waals surface area contributed by atoms with Gasteiger partial charge in [0.25, 0.3) is 0 Å². The topological polar surface area (TPSA) is 29.5 Å². The van der Waals surface area contributed by atoms with Gasteiger partial charge in [-0.25, -0.2) is 0 Å². The largest absolute Gasteiger partial charge is 0.489 e. The van der Waals surface area contributed by atoms with Gasteiger partial charge in [-0.15, -0.1) is 11.3 Å². The summed E-state index contributed by atoms with van der Waals surface area (Å²) in [5.74, 6) is 0.788. The van der Waals surface area contributed by atoms with Gasteiger partial charge < -0.3 is 9.84 Å². The van der Waals surface area contributed by atoms with Gasteiger partial charge in [0.15, 0.2) is 0 Å². The van der Waals surface area contributed by atoms with E-state index in [9.17, 15) is 5.11 Å². The van der Waals surface area contributed by atoms with Crippen LogP contribution in [0, 0.1) is 6.92 Å². The van der Waals surface area contributed by atoms with E-state index in [1.807, 2.05) is 48.5 Å². The lowest BCUT2D eigenvalue weighted by atomic mass is 10.1. The zero-order valence-corrected chi connectivity index (χ0v) is 13.3. The number of aryl methyl sites for hydroxylation is 1. The van der Waals surface area contributed by atoms with E-state index in [4.69, 9.17) is 4.74 Å². The maximum atomic E-state index is 9.47. The summed E-state index contributed by atoms with van der Waals surface area (Å²) in [6.45, 7) is 2.63. The standard InChI is InChI=1S/C19H18O2S/c1-14-7-8-19(22-14)17-9-16(12-20)10-18(11-17)21-13-15-5-3-2-4-6-15/h2-11,20H,12-13H2,1H3. The molecule has 0 amide bonds. The summed E-state index contributed by atoms with van der Waals surface area (Å²) < 4.78 is 5.90. The van der Waals surface area contributed by atoms with Crippen molar-refractivity contribution in [3.63, 3.8) is 0 Å². The highest BCUT2D eigenvalue weighted by molar-refractivity contribution is 7.15. The van der Waals surface area contributed by atoms with Crippen molar-refractivity contribution < 1.29 is 9.84 Å². The van der Waals surface area contributed by atoms with Crippen LogP contribution in [-0.2, 0) is 13.2 Å². The molecular weight excluding hydrogens is 292 g/mol. The first-order valence-electron chi connectivity index (χ1n) is 7.23. The first kappa shape index (κ1) is 14.8. The number of hydrogen-bond acceptors (Lipinski definition) is 3. The molecule has 0 bridgehead atoms. The monoisotopic (exact) mass is 310 g/mol. The Labute approximate surface area is 134 Å². The maximum absolute atomic E-state index is 9.47. The minimum atomic E-state index is 0.0138. The quantitative estimate of drug-likeness (QED) is 0.734. The van der Waals surface area contributed by atoms with Gasteiger partial charge in [-0.2, -0.15) is 0 Å². The van der Waals surface area contributed by atoms with Gasteiger partial charge >= 0.3 is 0 Å². The van der Waals surface area contributed by atoms with Crippen LogP contribution >= 0.6 is 11.3 Å². The minimum Gasteiger partial charge on any atom is -0.489 e.